The van der Waals surface area contributed by atoms with Gasteiger partial charge in [0, 0.05) is 31.3 Å². The summed E-state index contributed by atoms with van der Waals surface area (Å²) in [5.74, 6) is -0.290. The fourth-order valence-electron chi connectivity index (χ4n) is 2.51. The lowest BCUT2D eigenvalue weighted by molar-refractivity contribution is -0.137. The molecular weight excluding hydrogens is 298 g/mol. The molecule has 7 heteroatoms. The Morgan fingerprint density at radius 2 is 2.09 bits per heavy atom. The van der Waals surface area contributed by atoms with Gasteiger partial charge >= 0.3 is 12.0 Å². The Labute approximate surface area is 135 Å². The van der Waals surface area contributed by atoms with Crippen LogP contribution < -0.4 is 15.4 Å². The molecule has 0 aromatic carbocycles. The number of nitrogens with one attached hydrogen (secondary N) is 2. The van der Waals surface area contributed by atoms with Crippen molar-refractivity contribution in [3.05, 3.63) is 23.9 Å². The maximum absolute atomic E-state index is 11.7. The second kappa shape index (κ2) is 8.97. The number of carboxylic acids is 1. The highest BCUT2D eigenvalue weighted by molar-refractivity contribution is 5.74. The van der Waals surface area contributed by atoms with Gasteiger partial charge in [0.05, 0.1) is 0 Å². The van der Waals surface area contributed by atoms with Crippen LogP contribution in [0.1, 0.15) is 44.1 Å². The Balaban J connectivity index is 1.76. The monoisotopic (exact) mass is 321 g/mol. The number of aliphatic carboxylic acids is 1. The first kappa shape index (κ1) is 17.1. The molecule has 2 amide bonds. The predicted molar refractivity (Wildman–Crippen MR) is 84.2 cm³/mol. The van der Waals surface area contributed by atoms with Crippen molar-refractivity contribution in [1.29, 1.82) is 0 Å². The lowest BCUT2D eigenvalue weighted by atomic mass is 10.2. The van der Waals surface area contributed by atoms with Gasteiger partial charge in [0.25, 0.3) is 0 Å². The van der Waals surface area contributed by atoms with Gasteiger partial charge in [-0.3, -0.25) is 4.79 Å². The minimum absolute atomic E-state index is 0.0439. The molecule has 23 heavy (non-hydrogen) atoms. The summed E-state index contributed by atoms with van der Waals surface area (Å²) >= 11 is 0. The third-order valence-corrected chi connectivity index (χ3v) is 3.72. The Hall–Kier alpha value is -2.31. The van der Waals surface area contributed by atoms with Crippen molar-refractivity contribution < 1.29 is 19.4 Å². The Morgan fingerprint density at radius 3 is 2.83 bits per heavy atom. The third kappa shape index (κ3) is 6.14. The van der Waals surface area contributed by atoms with E-state index in [9.17, 15) is 9.59 Å². The van der Waals surface area contributed by atoms with Gasteiger partial charge in [0.15, 0.2) is 0 Å². The van der Waals surface area contributed by atoms with E-state index in [1.807, 2.05) is 12.1 Å². The molecule has 0 unspecified atom stereocenters. The van der Waals surface area contributed by atoms with Gasteiger partial charge in [-0.05, 0) is 38.2 Å². The van der Waals surface area contributed by atoms with Crippen LogP contribution in [0.4, 0.5) is 4.79 Å². The number of hydrogen-bond acceptors (Lipinski definition) is 4. The summed E-state index contributed by atoms with van der Waals surface area (Å²) in [6, 6.07) is 3.36. The summed E-state index contributed by atoms with van der Waals surface area (Å²) in [5, 5.41) is 13.9. The van der Waals surface area contributed by atoms with Crippen LogP contribution in [0.2, 0.25) is 0 Å². The van der Waals surface area contributed by atoms with Crippen LogP contribution in [0.15, 0.2) is 18.3 Å². The zero-order valence-corrected chi connectivity index (χ0v) is 13.1. The maximum atomic E-state index is 11.7. The van der Waals surface area contributed by atoms with Crippen molar-refractivity contribution in [2.75, 3.05) is 6.54 Å². The van der Waals surface area contributed by atoms with Crippen LogP contribution in [0, 0.1) is 0 Å². The number of carbonyl (C=O) groups excluding carboxylic acids is 1. The highest BCUT2D eigenvalue weighted by atomic mass is 16.5. The van der Waals surface area contributed by atoms with Crippen LogP contribution in [-0.4, -0.2) is 34.7 Å². The minimum Gasteiger partial charge on any atom is -0.481 e. The normalized spacial score (nSPS) is 14.4. The zero-order valence-electron chi connectivity index (χ0n) is 13.1. The molecule has 1 aromatic rings. The van der Waals surface area contributed by atoms with Gasteiger partial charge in [-0.2, -0.15) is 0 Å². The Morgan fingerprint density at radius 1 is 1.30 bits per heavy atom. The van der Waals surface area contributed by atoms with Crippen molar-refractivity contribution in [3.63, 3.8) is 0 Å². The molecule has 1 fully saturated rings. The summed E-state index contributed by atoms with van der Waals surface area (Å²) < 4.78 is 5.92. The smallest absolute Gasteiger partial charge is 0.315 e. The molecule has 0 saturated heterocycles. The number of rotatable bonds is 8. The number of aromatic nitrogens is 1. The largest absolute Gasteiger partial charge is 0.481 e. The zero-order chi connectivity index (χ0) is 16.5. The number of ether oxygens (including phenoxy) is 1. The molecule has 3 N–H and O–H groups in total. The summed E-state index contributed by atoms with van der Waals surface area (Å²) in [5.41, 5.74) is 0.833. The molecule has 1 heterocycles. The quantitative estimate of drug-likeness (QED) is 0.636. The molecule has 7 nitrogen and oxygen atoms in total. The number of carboxylic acid groups (broad SMARTS) is 1. The fraction of sp³-hybridized carbons (Fsp3) is 0.562. The average molecular weight is 321 g/mol. The molecule has 0 radical (unpaired) electrons. The number of hydrogen-bond donors (Lipinski definition) is 3. The van der Waals surface area contributed by atoms with E-state index in [0.717, 1.165) is 18.4 Å². The fourth-order valence-corrected chi connectivity index (χ4v) is 2.51. The summed E-state index contributed by atoms with van der Waals surface area (Å²) in [7, 11) is 0. The lowest BCUT2D eigenvalue weighted by Gasteiger charge is -2.15. The first-order chi connectivity index (χ1) is 11.1. The van der Waals surface area contributed by atoms with Crippen LogP contribution in [0.25, 0.3) is 0 Å². The van der Waals surface area contributed by atoms with Gasteiger partial charge in [-0.25, -0.2) is 9.78 Å². The first-order valence-electron chi connectivity index (χ1n) is 7.99. The van der Waals surface area contributed by atoms with Crippen LogP contribution in [-0.2, 0) is 11.3 Å². The van der Waals surface area contributed by atoms with Gasteiger partial charge in [-0.15, -0.1) is 0 Å². The van der Waals surface area contributed by atoms with Gasteiger partial charge < -0.3 is 20.5 Å². The third-order valence-electron chi connectivity index (χ3n) is 3.72. The molecule has 0 bridgehead atoms. The van der Waals surface area contributed by atoms with Gasteiger partial charge in [-0.1, -0.05) is 6.07 Å². The molecule has 1 aliphatic carbocycles. The van der Waals surface area contributed by atoms with Crippen molar-refractivity contribution in [3.8, 4) is 5.88 Å². The Kier molecular flexibility index (Phi) is 6.65. The summed E-state index contributed by atoms with van der Waals surface area (Å²) in [6.07, 6.45) is 6.82. The van der Waals surface area contributed by atoms with Crippen molar-refractivity contribution in [2.45, 2.75) is 51.2 Å². The number of amides is 2. The lowest BCUT2D eigenvalue weighted by Crippen LogP contribution is -2.35. The van der Waals surface area contributed by atoms with E-state index in [1.54, 1.807) is 6.20 Å². The van der Waals surface area contributed by atoms with Crippen molar-refractivity contribution >= 4 is 12.0 Å². The molecule has 0 atom stereocenters. The van der Waals surface area contributed by atoms with Crippen molar-refractivity contribution in [1.82, 2.24) is 15.6 Å². The van der Waals surface area contributed by atoms with E-state index in [0.29, 0.717) is 25.4 Å². The number of carbonyl (C=O) groups is 2. The second-order valence-corrected chi connectivity index (χ2v) is 5.60. The molecule has 1 aliphatic rings. The number of urea groups is 1. The molecule has 126 valence electrons. The van der Waals surface area contributed by atoms with E-state index in [1.165, 1.54) is 12.8 Å². The van der Waals surface area contributed by atoms with Crippen LogP contribution >= 0.6 is 0 Å². The van der Waals surface area contributed by atoms with E-state index >= 15 is 0 Å². The highest BCUT2D eigenvalue weighted by Crippen LogP contribution is 2.24. The number of pyridine rings is 1. The topological polar surface area (TPSA) is 101 Å². The van der Waals surface area contributed by atoms with Gasteiger partial charge in [0.2, 0.25) is 5.88 Å². The summed E-state index contributed by atoms with van der Waals surface area (Å²) in [6.45, 7) is 0.650. The van der Waals surface area contributed by atoms with E-state index in [-0.39, 0.29) is 18.6 Å². The molecule has 0 aliphatic heterocycles. The standard InChI is InChI=1S/C16H23N3O4/c20-14(21)8-4-10-18-16(22)19-11-12-5-3-9-17-15(12)23-13-6-1-2-7-13/h3,5,9,13H,1-2,4,6-8,10-11H2,(H,20,21)(H2,18,19,22). The molecule has 1 saturated carbocycles. The average Bonchev–Trinajstić information content (AvgIpc) is 3.03. The molecular formula is C16H23N3O4. The van der Waals surface area contributed by atoms with E-state index < -0.39 is 5.97 Å². The van der Waals surface area contributed by atoms with E-state index in [2.05, 4.69) is 15.6 Å². The van der Waals surface area contributed by atoms with Crippen molar-refractivity contribution in [2.24, 2.45) is 0 Å². The SMILES string of the molecule is O=C(O)CCCNC(=O)NCc1cccnc1OC1CCCC1. The molecule has 1 aromatic heterocycles. The van der Waals surface area contributed by atoms with Crippen LogP contribution in [0.3, 0.4) is 0 Å². The second-order valence-electron chi connectivity index (χ2n) is 5.60. The van der Waals surface area contributed by atoms with Crippen LogP contribution in [0.5, 0.6) is 5.88 Å². The predicted octanol–water partition coefficient (Wildman–Crippen LogP) is 2.07. The first-order valence-corrected chi connectivity index (χ1v) is 7.99. The minimum atomic E-state index is -0.865. The summed E-state index contributed by atoms with van der Waals surface area (Å²) in [4.78, 5) is 26.3. The molecule has 0 spiro atoms. The highest BCUT2D eigenvalue weighted by Gasteiger charge is 2.18. The number of nitrogens with zero attached hydrogens (tertiary/aromatic N) is 1. The van der Waals surface area contributed by atoms with E-state index in [4.69, 9.17) is 9.84 Å². The molecule has 2 rings (SSSR count). The maximum Gasteiger partial charge on any atom is 0.315 e. The van der Waals surface area contributed by atoms with Gasteiger partial charge in [0.1, 0.15) is 6.10 Å². The Bertz CT molecular complexity index is 530.